The van der Waals surface area contributed by atoms with Gasteiger partial charge in [-0.25, -0.2) is 0 Å². The van der Waals surface area contributed by atoms with Gasteiger partial charge in [0, 0.05) is 43.3 Å². The number of aromatic nitrogens is 5. The average molecular weight is 694 g/mol. The molecular formula is C48H31N5O. The lowest BCUT2D eigenvalue weighted by Crippen LogP contribution is -2.17. The number of hydrogen-bond acceptors (Lipinski definition) is 4. The number of fused-ring (bicyclic) bond motifs is 13. The first-order chi connectivity index (χ1) is 26.5. The molecule has 4 heterocycles. The summed E-state index contributed by atoms with van der Waals surface area (Å²) in [5.41, 5.74) is 11.6. The Morgan fingerprint density at radius 2 is 1.02 bits per heavy atom. The van der Waals surface area contributed by atoms with Crippen molar-refractivity contribution in [1.82, 2.24) is 24.1 Å². The van der Waals surface area contributed by atoms with Gasteiger partial charge in [-0.15, -0.1) is 0 Å². The molecule has 0 atom stereocenters. The molecule has 254 valence electrons. The molecule has 54 heavy (non-hydrogen) atoms. The van der Waals surface area contributed by atoms with Gasteiger partial charge in [-0.2, -0.15) is 15.0 Å². The topological polar surface area (TPSA) is 61.7 Å². The van der Waals surface area contributed by atoms with Crippen LogP contribution in [0.1, 0.15) is 25.0 Å². The van der Waals surface area contributed by atoms with Gasteiger partial charge in [0.05, 0.1) is 22.1 Å². The summed E-state index contributed by atoms with van der Waals surface area (Å²) in [7, 11) is 0. The zero-order valence-electron chi connectivity index (χ0n) is 29.6. The number of nitrogens with zero attached hydrogens (tertiary/aromatic N) is 5. The molecule has 0 saturated heterocycles. The fourth-order valence-corrected chi connectivity index (χ4v) is 9.21. The van der Waals surface area contributed by atoms with Crippen LogP contribution in [0.5, 0.6) is 0 Å². The summed E-state index contributed by atoms with van der Waals surface area (Å²) in [4.78, 5) is 16.1. The second-order valence-corrected chi connectivity index (χ2v) is 14.8. The van der Waals surface area contributed by atoms with Crippen molar-refractivity contribution in [2.75, 3.05) is 0 Å². The van der Waals surface area contributed by atoms with Crippen LogP contribution < -0.4 is 0 Å². The van der Waals surface area contributed by atoms with Crippen molar-refractivity contribution in [1.29, 1.82) is 0 Å². The second kappa shape index (κ2) is 10.5. The van der Waals surface area contributed by atoms with E-state index in [-0.39, 0.29) is 5.41 Å². The Balaban J connectivity index is 1.21. The normalized spacial score (nSPS) is 13.5. The maximum Gasteiger partial charge on any atom is 0.240 e. The van der Waals surface area contributed by atoms with E-state index in [1.54, 1.807) is 0 Å². The van der Waals surface area contributed by atoms with Gasteiger partial charge >= 0.3 is 0 Å². The van der Waals surface area contributed by atoms with Gasteiger partial charge in [0.25, 0.3) is 0 Å². The Morgan fingerprint density at radius 3 is 1.76 bits per heavy atom. The molecule has 0 amide bonds. The van der Waals surface area contributed by atoms with Gasteiger partial charge in [-0.3, -0.25) is 9.13 Å². The van der Waals surface area contributed by atoms with Crippen molar-refractivity contribution in [2.45, 2.75) is 19.3 Å². The number of rotatable bonds is 3. The van der Waals surface area contributed by atoms with E-state index >= 15 is 0 Å². The van der Waals surface area contributed by atoms with Crippen LogP contribution in [0.15, 0.2) is 156 Å². The first-order valence-electron chi connectivity index (χ1n) is 18.4. The lowest BCUT2D eigenvalue weighted by Gasteiger charge is -2.23. The maximum atomic E-state index is 6.37. The first kappa shape index (κ1) is 29.5. The van der Waals surface area contributed by atoms with Crippen LogP contribution in [-0.4, -0.2) is 24.1 Å². The minimum atomic E-state index is -0.255. The van der Waals surface area contributed by atoms with Crippen molar-refractivity contribution in [3.8, 4) is 34.4 Å². The summed E-state index contributed by atoms with van der Waals surface area (Å²) in [5.74, 6) is 1.69. The van der Waals surface area contributed by atoms with Gasteiger partial charge in [0.15, 0.2) is 5.82 Å². The largest absolute Gasteiger partial charge is 0.456 e. The Hall–Kier alpha value is -7.05. The molecule has 0 unspecified atom stereocenters. The maximum absolute atomic E-state index is 6.37. The molecule has 7 aromatic carbocycles. The second-order valence-electron chi connectivity index (χ2n) is 14.8. The van der Waals surface area contributed by atoms with Crippen molar-refractivity contribution in [3.63, 3.8) is 0 Å². The Kier molecular flexibility index (Phi) is 5.75. The highest BCUT2D eigenvalue weighted by atomic mass is 16.3. The van der Waals surface area contributed by atoms with Gasteiger partial charge in [0.2, 0.25) is 11.9 Å². The number of para-hydroxylation sites is 4. The third-order valence-corrected chi connectivity index (χ3v) is 11.6. The molecule has 1 aliphatic carbocycles. The quantitative estimate of drug-likeness (QED) is 0.185. The highest BCUT2D eigenvalue weighted by Gasteiger charge is 2.38. The monoisotopic (exact) mass is 693 g/mol. The third-order valence-electron chi connectivity index (χ3n) is 11.6. The number of furan rings is 1. The summed E-state index contributed by atoms with van der Waals surface area (Å²) < 4.78 is 10.8. The molecule has 6 nitrogen and oxygen atoms in total. The van der Waals surface area contributed by atoms with Crippen LogP contribution in [0.25, 0.3) is 100.0 Å². The standard InChI is InChI=1S/C48H31N5O/c1-48(2)37-18-8-3-13-29(37)35-25-26-36-32-16-6-11-21-40(32)53(44(36)43(35)48)47-50-45(28-23-24-34-33-17-7-12-22-41(33)54-42(34)27-28)49-46(51-47)52-38-19-9-4-14-30(38)31-15-5-10-20-39(31)52/h3-27H,1-2H3. The SMILES string of the molecule is CC1(C)c2ccccc2-c2ccc3c4ccccc4n(-c4nc(-c5ccc6c(c5)oc5ccccc56)nc(-n5c6ccccc6c6ccccc65)n4)c3c21. The van der Waals surface area contributed by atoms with Crippen LogP contribution in [0, 0.1) is 0 Å². The van der Waals surface area contributed by atoms with Gasteiger partial charge in [-0.1, -0.05) is 129 Å². The molecule has 0 radical (unpaired) electrons. The molecule has 0 spiro atoms. The highest BCUT2D eigenvalue weighted by molar-refractivity contribution is 6.13. The van der Waals surface area contributed by atoms with Crippen LogP contribution in [-0.2, 0) is 5.41 Å². The lowest BCUT2D eigenvalue weighted by molar-refractivity contribution is 0.663. The zero-order chi connectivity index (χ0) is 35.7. The zero-order valence-corrected chi connectivity index (χ0v) is 29.6. The molecule has 0 saturated carbocycles. The van der Waals surface area contributed by atoms with Gasteiger partial charge < -0.3 is 4.42 Å². The summed E-state index contributed by atoms with van der Waals surface area (Å²) in [6, 6.07) is 53.4. The van der Waals surface area contributed by atoms with Gasteiger partial charge in [0.1, 0.15) is 11.2 Å². The molecule has 0 bridgehead atoms. The third kappa shape index (κ3) is 3.86. The Bertz CT molecular complexity index is 3330. The fraction of sp³-hybridized carbons (Fsp3) is 0.0625. The van der Waals surface area contributed by atoms with Crippen LogP contribution >= 0.6 is 0 Å². The van der Waals surface area contributed by atoms with Crippen molar-refractivity contribution < 1.29 is 4.42 Å². The minimum Gasteiger partial charge on any atom is -0.456 e. The predicted octanol–water partition coefficient (Wildman–Crippen LogP) is 11.9. The summed E-state index contributed by atoms with van der Waals surface area (Å²) in [6.45, 7) is 4.67. The molecule has 4 aromatic heterocycles. The van der Waals surface area contributed by atoms with E-state index in [1.165, 1.54) is 27.6 Å². The first-order valence-corrected chi connectivity index (χ1v) is 18.4. The lowest BCUT2D eigenvalue weighted by atomic mass is 9.81. The number of benzene rings is 7. The van der Waals surface area contributed by atoms with Crippen LogP contribution in [0.2, 0.25) is 0 Å². The van der Waals surface area contributed by atoms with E-state index in [4.69, 9.17) is 19.4 Å². The summed E-state index contributed by atoms with van der Waals surface area (Å²) in [5, 5.41) is 6.78. The Morgan fingerprint density at radius 1 is 0.463 bits per heavy atom. The molecule has 1 aliphatic rings. The van der Waals surface area contributed by atoms with E-state index in [1.807, 2.05) is 18.2 Å². The molecular weight excluding hydrogens is 663 g/mol. The number of hydrogen-bond donors (Lipinski definition) is 0. The molecule has 11 aromatic rings. The van der Waals surface area contributed by atoms with Crippen molar-refractivity contribution >= 4 is 65.6 Å². The van der Waals surface area contributed by atoms with Crippen LogP contribution in [0.3, 0.4) is 0 Å². The van der Waals surface area contributed by atoms with Gasteiger partial charge in [-0.05, 0) is 58.7 Å². The van der Waals surface area contributed by atoms with Crippen molar-refractivity contribution in [3.05, 3.63) is 163 Å². The average Bonchev–Trinajstić information content (AvgIpc) is 3.93. The molecule has 0 aliphatic heterocycles. The van der Waals surface area contributed by atoms with E-state index in [0.29, 0.717) is 17.7 Å². The summed E-state index contributed by atoms with van der Waals surface area (Å²) in [6.07, 6.45) is 0. The minimum absolute atomic E-state index is 0.255. The molecule has 12 rings (SSSR count). The van der Waals surface area contributed by atoms with Crippen molar-refractivity contribution in [2.24, 2.45) is 0 Å². The molecule has 0 N–H and O–H groups in total. The van der Waals surface area contributed by atoms with Crippen LogP contribution in [0.4, 0.5) is 0 Å². The van der Waals surface area contributed by atoms with E-state index < -0.39 is 0 Å². The predicted molar refractivity (Wildman–Crippen MR) is 219 cm³/mol. The van der Waals surface area contributed by atoms with E-state index in [2.05, 4.69) is 156 Å². The van der Waals surface area contributed by atoms with E-state index in [9.17, 15) is 0 Å². The Labute approximate surface area is 309 Å². The summed E-state index contributed by atoms with van der Waals surface area (Å²) >= 11 is 0. The fourth-order valence-electron chi connectivity index (χ4n) is 9.21. The highest BCUT2D eigenvalue weighted by Crippen LogP contribution is 2.52. The van der Waals surface area contributed by atoms with E-state index in [0.717, 1.165) is 65.7 Å². The molecule has 6 heteroatoms. The smallest absolute Gasteiger partial charge is 0.240 e. The molecule has 0 fully saturated rings.